The van der Waals surface area contributed by atoms with E-state index in [4.69, 9.17) is 11.6 Å². The van der Waals surface area contributed by atoms with Gasteiger partial charge in [-0.3, -0.25) is 0 Å². The number of hydrogen-bond acceptors (Lipinski definition) is 2. The van der Waals surface area contributed by atoms with E-state index in [1.807, 2.05) is 6.07 Å². The van der Waals surface area contributed by atoms with Gasteiger partial charge in [-0.2, -0.15) is 0 Å². The molecule has 0 atom stereocenters. The Kier molecular flexibility index (Phi) is 3.53. The predicted octanol–water partition coefficient (Wildman–Crippen LogP) is 3.66. The average molecular weight is 268 g/mol. The maximum Gasteiger partial charge on any atom is 0.337 e. The summed E-state index contributed by atoms with van der Waals surface area (Å²) in [6, 6.07) is 5.09. The van der Waals surface area contributed by atoms with Crippen molar-refractivity contribution in [2.24, 2.45) is 5.41 Å². The first kappa shape index (κ1) is 13.2. The molecule has 18 heavy (non-hydrogen) atoms. The quantitative estimate of drug-likeness (QED) is 0.889. The molecule has 1 N–H and O–H groups in total. The molecule has 0 unspecified atom stereocenters. The number of rotatable bonds is 2. The zero-order valence-corrected chi connectivity index (χ0v) is 11.5. The van der Waals surface area contributed by atoms with Crippen molar-refractivity contribution in [3.8, 4) is 0 Å². The Balaban J connectivity index is 2.26. The van der Waals surface area contributed by atoms with Gasteiger partial charge in [0, 0.05) is 18.1 Å². The molecule has 3 nitrogen and oxygen atoms in total. The van der Waals surface area contributed by atoms with Crippen LogP contribution < -0.4 is 4.90 Å². The van der Waals surface area contributed by atoms with Gasteiger partial charge in [0.2, 0.25) is 0 Å². The van der Waals surface area contributed by atoms with Gasteiger partial charge in [0.25, 0.3) is 0 Å². The van der Waals surface area contributed by atoms with Crippen LogP contribution in [0.4, 0.5) is 5.69 Å². The number of carboxylic acid groups (broad SMARTS) is 1. The molecule has 1 saturated heterocycles. The van der Waals surface area contributed by atoms with Crippen molar-refractivity contribution in [2.75, 3.05) is 18.0 Å². The largest absolute Gasteiger partial charge is 0.478 e. The Morgan fingerprint density at radius 2 is 1.94 bits per heavy atom. The highest BCUT2D eigenvalue weighted by atomic mass is 35.5. The second kappa shape index (κ2) is 4.81. The summed E-state index contributed by atoms with van der Waals surface area (Å²) in [6.45, 7) is 6.30. The summed E-state index contributed by atoms with van der Waals surface area (Å²) in [5, 5.41) is 9.70. The normalized spacial score (nSPS) is 18.7. The Labute approximate surface area is 112 Å². The zero-order chi connectivity index (χ0) is 13.3. The molecule has 1 aliphatic rings. The van der Waals surface area contributed by atoms with Crippen LogP contribution in [0, 0.1) is 5.41 Å². The summed E-state index contributed by atoms with van der Waals surface area (Å²) in [6.07, 6.45) is 2.16. The van der Waals surface area contributed by atoms with Crippen molar-refractivity contribution in [1.82, 2.24) is 0 Å². The smallest absolute Gasteiger partial charge is 0.337 e. The highest BCUT2D eigenvalue weighted by molar-refractivity contribution is 6.31. The highest BCUT2D eigenvalue weighted by Crippen LogP contribution is 2.34. The molecule has 0 amide bonds. The third-order valence-electron chi connectivity index (χ3n) is 3.65. The summed E-state index contributed by atoms with van der Waals surface area (Å²) in [7, 11) is 0. The van der Waals surface area contributed by atoms with Gasteiger partial charge in [-0.1, -0.05) is 25.4 Å². The van der Waals surface area contributed by atoms with Gasteiger partial charge in [-0.25, -0.2) is 4.79 Å². The maximum atomic E-state index is 11.3. The molecule has 0 aliphatic carbocycles. The summed E-state index contributed by atoms with van der Waals surface area (Å²) in [5.74, 6) is -0.919. The third-order valence-corrected chi connectivity index (χ3v) is 3.88. The third kappa shape index (κ3) is 2.78. The van der Waals surface area contributed by atoms with Gasteiger partial charge in [0.05, 0.1) is 11.3 Å². The first-order valence-electron chi connectivity index (χ1n) is 6.17. The van der Waals surface area contributed by atoms with Crippen LogP contribution in [0.1, 0.15) is 37.0 Å². The Hall–Kier alpha value is -1.22. The molecule has 2 rings (SSSR count). The van der Waals surface area contributed by atoms with Crippen molar-refractivity contribution in [1.29, 1.82) is 0 Å². The highest BCUT2D eigenvalue weighted by Gasteiger charge is 2.27. The summed E-state index contributed by atoms with van der Waals surface area (Å²) < 4.78 is 0. The standard InChI is InChI=1S/C14H18ClNO2/c1-14(2)5-7-16(8-6-14)12-4-3-10(15)9-11(12)13(17)18/h3-4,9H,5-8H2,1-2H3,(H,17,18). The van der Waals surface area contributed by atoms with Gasteiger partial charge in [0.1, 0.15) is 0 Å². The van der Waals surface area contributed by atoms with E-state index in [-0.39, 0.29) is 0 Å². The Morgan fingerprint density at radius 3 is 2.50 bits per heavy atom. The van der Waals surface area contributed by atoms with Crippen LogP contribution in [0.3, 0.4) is 0 Å². The van der Waals surface area contributed by atoms with E-state index in [0.717, 1.165) is 31.6 Å². The molecule has 1 aliphatic heterocycles. The number of nitrogens with zero attached hydrogens (tertiary/aromatic N) is 1. The summed E-state index contributed by atoms with van der Waals surface area (Å²) in [5.41, 5.74) is 1.43. The number of carboxylic acids is 1. The van der Waals surface area contributed by atoms with E-state index in [9.17, 15) is 9.90 Å². The van der Waals surface area contributed by atoms with Gasteiger partial charge in [-0.05, 0) is 36.5 Å². The van der Waals surface area contributed by atoms with Crippen molar-refractivity contribution in [3.05, 3.63) is 28.8 Å². The molecular weight excluding hydrogens is 250 g/mol. The molecule has 0 radical (unpaired) electrons. The lowest BCUT2D eigenvalue weighted by atomic mass is 9.82. The molecule has 1 aromatic carbocycles. The van der Waals surface area contributed by atoms with Gasteiger partial charge in [-0.15, -0.1) is 0 Å². The molecule has 98 valence electrons. The second-order valence-electron chi connectivity index (χ2n) is 5.62. The number of aromatic carboxylic acids is 1. The molecule has 1 fully saturated rings. The van der Waals surface area contributed by atoms with E-state index in [2.05, 4.69) is 18.7 Å². The van der Waals surface area contributed by atoms with E-state index >= 15 is 0 Å². The fraction of sp³-hybridized carbons (Fsp3) is 0.500. The van der Waals surface area contributed by atoms with Crippen molar-refractivity contribution in [3.63, 3.8) is 0 Å². The molecule has 1 aromatic rings. The molecule has 0 saturated carbocycles. The van der Waals surface area contributed by atoms with Crippen LogP contribution in [0.2, 0.25) is 5.02 Å². The lowest BCUT2D eigenvalue weighted by Crippen LogP contribution is -2.38. The van der Waals surface area contributed by atoms with Crippen LogP contribution >= 0.6 is 11.6 Å². The topological polar surface area (TPSA) is 40.5 Å². The van der Waals surface area contributed by atoms with Crippen molar-refractivity contribution >= 4 is 23.3 Å². The number of piperidine rings is 1. The Morgan fingerprint density at radius 1 is 1.33 bits per heavy atom. The fourth-order valence-corrected chi connectivity index (χ4v) is 2.48. The van der Waals surface area contributed by atoms with E-state index < -0.39 is 5.97 Å². The molecule has 1 heterocycles. The molecule has 0 bridgehead atoms. The van der Waals surface area contributed by atoms with Gasteiger partial charge in [0.15, 0.2) is 0 Å². The number of carbonyl (C=O) groups is 1. The second-order valence-corrected chi connectivity index (χ2v) is 6.05. The van der Waals surface area contributed by atoms with Crippen molar-refractivity contribution in [2.45, 2.75) is 26.7 Å². The number of benzene rings is 1. The van der Waals surface area contributed by atoms with Crippen LogP contribution in [-0.2, 0) is 0 Å². The van der Waals surface area contributed by atoms with Crippen LogP contribution in [0.25, 0.3) is 0 Å². The minimum Gasteiger partial charge on any atom is -0.478 e. The first-order chi connectivity index (χ1) is 8.39. The molecular formula is C14H18ClNO2. The lowest BCUT2D eigenvalue weighted by molar-refractivity contribution is 0.0697. The number of anilines is 1. The summed E-state index contributed by atoms with van der Waals surface area (Å²) in [4.78, 5) is 13.4. The SMILES string of the molecule is CC1(C)CCN(c2ccc(Cl)cc2C(=O)O)CC1. The minimum absolute atomic E-state index is 0.294. The lowest BCUT2D eigenvalue weighted by Gasteiger charge is -2.38. The van der Waals surface area contributed by atoms with Crippen LogP contribution in [-0.4, -0.2) is 24.2 Å². The average Bonchev–Trinajstić information content (AvgIpc) is 2.29. The zero-order valence-electron chi connectivity index (χ0n) is 10.7. The van der Waals surface area contributed by atoms with Crippen LogP contribution in [0.15, 0.2) is 18.2 Å². The number of halogens is 1. The Bertz CT molecular complexity index is 461. The fourth-order valence-electron chi connectivity index (χ4n) is 2.31. The minimum atomic E-state index is -0.919. The molecule has 0 spiro atoms. The summed E-state index contributed by atoms with van der Waals surface area (Å²) >= 11 is 5.86. The van der Waals surface area contributed by atoms with E-state index in [1.54, 1.807) is 6.07 Å². The maximum absolute atomic E-state index is 11.3. The van der Waals surface area contributed by atoms with Gasteiger partial charge >= 0.3 is 5.97 Å². The van der Waals surface area contributed by atoms with Gasteiger partial charge < -0.3 is 10.0 Å². The monoisotopic (exact) mass is 267 g/mol. The molecule has 4 heteroatoms. The molecule has 0 aromatic heterocycles. The van der Waals surface area contributed by atoms with E-state index in [1.165, 1.54) is 6.07 Å². The first-order valence-corrected chi connectivity index (χ1v) is 6.55. The number of hydrogen-bond donors (Lipinski definition) is 1. The van der Waals surface area contributed by atoms with Crippen LogP contribution in [0.5, 0.6) is 0 Å². The predicted molar refractivity (Wildman–Crippen MR) is 73.6 cm³/mol. The van der Waals surface area contributed by atoms with E-state index in [0.29, 0.717) is 16.0 Å². The van der Waals surface area contributed by atoms with Crippen molar-refractivity contribution < 1.29 is 9.90 Å².